The number of ether oxygens (including phenoxy) is 1. The highest BCUT2D eigenvalue weighted by atomic mass is 35.5. The molecule has 1 saturated carbocycles. The number of oxime groups is 1. The van der Waals surface area contributed by atoms with Crippen LogP contribution in [0.3, 0.4) is 0 Å². The summed E-state index contributed by atoms with van der Waals surface area (Å²) < 4.78 is 10.0. The van der Waals surface area contributed by atoms with E-state index < -0.39 is 6.23 Å². The van der Waals surface area contributed by atoms with Crippen LogP contribution >= 0.6 is 11.6 Å². The van der Waals surface area contributed by atoms with Crippen molar-refractivity contribution >= 4 is 17.4 Å². The van der Waals surface area contributed by atoms with E-state index in [4.69, 9.17) is 26.3 Å². The third kappa shape index (κ3) is 3.38. The third-order valence-corrected chi connectivity index (χ3v) is 6.61. The van der Waals surface area contributed by atoms with Crippen LogP contribution in [0, 0.1) is 0 Å². The lowest BCUT2D eigenvalue weighted by atomic mass is 10.0. The van der Waals surface area contributed by atoms with E-state index in [1.807, 2.05) is 29.2 Å². The van der Waals surface area contributed by atoms with Crippen LogP contribution < -0.4 is 0 Å². The minimum absolute atomic E-state index is 0.318. The standard InChI is InChI=1S/C23H24ClN6O2/c1-2-29-11-14-9-19-22(23-26-20(32-28-23)12-31-16-5-3-4-6-16)25-13-30(19)18-8-7-15(24)10-17(18)21(14)27-29/h7-8,10-11,13,16,20H,2-6,9,12H2,1H3/q-1. The predicted molar refractivity (Wildman–Crippen MR) is 121 cm³/mol. The molecule has 2 aliphatic heterocycles. The van der Waals surface area contributed by atoms with Crippen LogP contribution in [-0.4, -0.2) is 44.1 Å². The zero-order valence-electron chi connectivity index (χ0n) is 17.9. The van der Waals surface area contributed by atoms with Gasteiger partial charge in [-0.25, -0.2) is 4.98 Å². The van der Waals surface area contributed by atoms with Crippen molar-refractivity contribution in [1.82, 2.24) is 19.3 Å². The number of aryl methyl sites for hydroxylation is 1. The summed E-state index contributed by atoms with van der Waals surface area (Å²) in [5.74, 6) is 0.514. The molecule has 1 aliphatic carbocycles. The summed E-state index contributed by atoms with van der Waals surface area (Å²) in [6.45, 7) is 3.30. The van der Waals surface area contributed by atoms with Gasteiger partial charge in [-0.1, -0.05) is 24.4 Å². The molecule has 8 nitrogen and oxygen atoms in total. The molecule has 1 unspecified atom stereocenters. The van der Waals surface area contributed by atoms with Gasteiger partial charge in [-0.15, -0.1) is 0 Å². The highest BCUT2D eigenvalue weighted by Gasteiger charge is 2.27. The summed E-state index contributed by atoms with van der Waals surface area (Å²) in [6, 6.07) is 5.87. The maximum absolute atomic E-state index is 6.34. The number of nitrogens with zero attached hydrogens (tertiary/aromatic N) is 6. The van der Waals surface area contributed by atoms with Crippen LogP contribution in [0.1, 0.15) is 49.6 Å². The first kappa shape index (κ1) is 19.8. The molecule has 3 aromatic rings. The summed E-state index contributed by atoms with van der Waals surface area (Å²) in [4.78, 5) is 10.2. The molecule has 1 atom stereocenters. The van der Waals surface area contributed by atoms with Crippen LogP contribution in [0.15, 0.2) is 35.9 Å². The normalized spacial score (nSPS) is 19.6. The van der Waals surface area contributed by atoms with Crippen molar-refractivity contribution in [3.63, 3.8) is 0 Å². The number of benzene rings is 1. The van der Waals surface area contributed by atoms with Crippen molar-refractivity contribution in [1.29, 1.82) is 0 Å². The Morgan fingerprint density at radius 1 is 1.25 bits per heavy atom. The van der Waals surface area contributed by atoms with Gasteiger partial charge in [0.15, 0.2) is 0 Å². The summed E-state index contributed by atoms with van der Waals surface area (Å²) in [6.07, 6.45) is 9.18. The summed E-state index contributed by atoms with van der Waals surface area (Å²) in [5, 5.41) is 14.4. The molecular weight excluding hydrogens is 428 g/mol. The number of halogens is 1. The molecule has 1 fully saturated rings. The second-order valence-electron chi connectivity index (χ2n) is 8.45. The molecule has 0 spiro atoms. The molecule has 0 saturated heterocycles. The van der Waals surface area contributed by atoms with Crippen molar-refractivity contribution in [2.75, 3.05) is 6.61 Å². The molecule has 32 heavy (non-hydrogen) atoms. The largest absolute Gasteiger partial charge is 0.488 e. The Morgan fingerprint density at radius 2 is 2.12 bits per heavy atom. The van der Waals surface area contributed by atoms with Gasteiger partial charge in [-0.3, -0.25) is 9.84 Å². The number of hydrogen-bond acceptors (Lipinski definition) is 5. The Hall–Kier alpha value is -2.84. The molecule has 4 heterocycles. The van der Waals surface area contributed by atoms with Crippen molar-refractivity contribution in [3.05, 3.63) is 58.0 Å². The van der Waals surface area contributed by atoms with Crippen LogP contribution in [0.2, 0.25) is 5.02 Å². The lowest BCUT2D eigenvalue weighted by Crippen LogP contribution is -2.19. The van der Waals surface area contributed by atoms with Gasteiger partial charge >= 0.3 is 0 Å². The quantitative estimate of drug-likeness (QED) is 0.441. The molecule has 1 aromatic carbocycles. The van der Waals surface area contributed by atoms with E-state index in [9.17, 15) is 0 Å². The number of imidazole rings is 1. The Balaban J connectivity index is 1.32. The van der Waals surface area contributed by atoms with Crippen molar-refractivity contribution in [2.24, 2.45) is 5.16 Å². The van der Waals surface area contributed by atoms with E-state index >= 15 is 0 Å². The molecule has 0 radical (unpaired) electrons. The second-order valence-corrected chi connectivity index (χ2v) is 8.89. The third-order valence-electron chi connectivity index (χ3n) is 6.37. The number of aromatic nitrogens is 4. The van der Waals surface area contributed by atoms with Gasteiger partial charge in [0, 0.05) is 41.1 Å². The SMILES string of the molecule is CCn1cc2c(n1)-c1cc(Cl)ccc1-n1cnc(C3=NOC(COC4CCCC4)[N-]3)c1C2. The predicted octanol–water partition coefficient (Wildman–Crippen LogP) is 4.66. The monoisotopic (exact) mass is 451 g/mol. The Morgan fingerprint density at radius 3 is 2.97 bits per heavy atom. The minimum Gasteiger partial charge on any atom is -0.488 e. The molecule has 0 N–H and O–H groups in total. The molecule has 3 aliphatic rings. The van der Waals surface area contributed by atoms with Crippen molar-refractivity contribution in [2.45, 2.75) is 57.9 Å². The van der Waals surface area contributed by atoms with Crippen LogP contribution in [-0.2, 0) is 22.5 Å². The molecule has 0 bridgehead atoms. The first-order valence-corrected chi connectivity index (χ1v) is 11.6. The minimum atomic E-state index is -0.418. The summed E-state index contributed by atoms with van der Waals surface area (Å²) in [7, 11) is 0. The zero-order valence-corrected chi connectivity index (χ0v) is 18.6. The fourth-order valence-corrected chi connectivity index (χ4v) is 4.92. The number of rotatable bonds is 5. The summed E-state index contributed by atoms with van der Waals surface area (Å²) in [5.41, 5.74) is 5.79. The number of hydrogen-bond donors (Lipinski definition) is 0. The molecule has 0 amide bonds. The van der Waals surface area contributed by atoms with Gasteiger partial charge in [-0.2, -0.15) is 5.10 Å². The van der Waals surface area contributed by atoms with Gasteiger partial charge in [0.25, 0.3) is 0 Å². The Labute approximate surface area is 191 Å². The van der Waals surface area contributed by atoms with Crippen molar-refractivity contribution < 1.29 is 9.57 Å². The van der Waals surface area contributed by atoms with Gasteiger partial charge in [0.2, 0.25) is 0 Å². The van der Waals surface area contributed by atoms with E-state index in [-0.39, 0.29) is 0 Å². The zero-order chi connectivity index (χ0) is 21.7. The van der Waals surface area contributed by atoms with Crippen LogP contribution in [0.4, 0.5) is 0 Å². The lowest BCUT2D eigenvalue weighted by Gasteiger charge is -2.20. The molecule has 2 aromatic heterocycles. The van der Waals surface area contributed by atoms with Crippen molar-refractivity contribution in [3.8, 4) is 16.9 Å². The van der Waals surface area contributed by atoms with Gasteiger partial charge < -0.3 is 19.5 Å². The van der Waals surface area contributed by atoms with Gasteiger partial charge in [-0.05, 0) is 38.0 Å². The fraction of sp³-hybridized carbons (Fsp3) is 0.435. The Bertz CT molecular complexity index is 1190. The average molecular weight is 452 g/mol. The topological polar surface area (TPSA) is 80.6 Å². The first-order valence-electron chi connectivity index (χ1n) is 11.2. The Kier molecular flexibility index (Phi) is 4.91. The van der Waals surface area contributed by atoms with E-state index in [1.165, 1.54) is 12.8 Å². The average Bonchev–Trinajstić information content (AvgIpc) is 3.59. The van der Waals surface area contributed by atoms with E-state index in [1.54, 1.807) is 0 Å². The lowest BCUT2D eigenvalue weighted by molar-refractivity contribution is -0.0165. The number of fused-ring (bicyclic) bond motifs is 5. The molecule has 9 heteroatoms. The van der Waals surface area contributed by atoms with Gasteiger partial charge in [0.1, 0.15) is 12.6 Å². The highest BCUT2D eigenvalue weighted by Crippen LogP contribution is 2.37. The van der Waals surface area contributed by atoms with E-state index in [2.05, 4.69) is 33.1 Å². The maximum atomic E-state index is 6.34. The van der Waals surface area contributed by atoms with Crippen LogP contribution in [0.25, 0.3) is 22.3 Å². The maximum Gasteiger partial charge on any atom is 0.134 e. The molecule has 166 valence electrons. The van der Waals surface area contributed by atoms with Gasteiger partial charge in [0.05, 0.1) is 35.5 Å². The summed E-state index contributed by atoms with van der Waals surface area (Å²) >= 11 is 6.34. The first-order chi connectivity index (χ1) is 15.7. The van der Waals surface area contributed by atoms with Crippen LogP contribution in [0.5, 0.6) is 0 Å². The van der Waals surface area contributed by atoms with E-state index in [0.717, 1.165) is 53.3 Å². The molecule has 6 rings (SSSR count). The highest BCUT2D eigenvalue weighted by molar-refractivity contribution is 6.31. The molecular formula is C23H24ClN6O2-. The fourth-order valence-electron chi connectivity index (χ4n) is 4.75. The second kappa shape index (κ2) is 7.94. The van der Waals surface area contributed by atoms with E-state index in [0.29, 0.717) is 30.0 Å². The smallest absolute Gasteiger partial charge is 0.134 e. The number of amidine groups is 1.